The lowest BCUT2D eigenvalue weighted by Gasteiger charge is -2.45. The summed E-state index contributed by atoms with van der Waals surface area (Å²) < 4.78 is 51.1. The average Bonchev–Trinajstić information content (AvgIpc) is 3.30. The number of methoxy groups -OCH3 is 2. The highest BCUT2D eigenvalue weighted by molar-refractivity contribution is 5.98. The fourth-order valence-corrected chi connectivity index (χ4v) is 5.17. The van der Waals surface area contributed by atoms with E-state index in [1.165, 1.54) is 7.11 Å². The van der Waals surface area contributed by atoms with Gasteiger partial charge in [0, 0.05) is 29.5 Å². The molecule has 2 aromatic carbocycles. The molecule has 3 aromatic rings. The Bertz CT molecular complexity index is 1220. The number of aromatic nitrogens is 1. The number of halogens is 3. The van der Waals surface area contributed by atoms with Crippen LogP contribution < -0.4 is 9.47 Å². The van der Waals surface area contributed by atoms with Crippen molar-refractivity contribution < 1.29 is 27.4 Å². The number of aromatic amines is 1. The van der Waals surface area contributed by atoms with E-state index < -0.39 is 18.6 Å². The van der Waals surface area contributed by atoms with Crippen molar-refractivity contribution in [2.75, 3.05) is 40.4 Å². The molecule has 1 saturated heterocycles. The van der Waals surface area contributed by atoms with Crippen LogP contribution in [-0.4, -0.2) is 67.3 Å². The van der Waals surface area contributed by atoms with Gasteiger partial charge in [-0.3, -0.25) is 9.69 Å². The first kappa shape index (κ1) is 26.9. The molecule has 0 saturated carbocycles. The van der Waals surface area contributed by atoms with E-state index in [9.17, 15) is 18.0 Å². The molecule has 4 rings (SSSR count). The third-order valence-electron chi connectivity index (χ3n) is 7.30. The molecule has 1 aliphatic heterocycles. The molecule has 1 aromatic heterocycles. The van der Waals surface area contributed by atoms with Crippen LogP contribution in [0.4, 0.5) is 13.2 Å². The van der Waals surface area contributed by atoms with Crippen molar-refractivity contribution in [2.45, 2.75) is 38.4 Å². The molecule has 1 amide bonds. The van der Waals surface area contributed by atoms with E-state index in [1.54, 1.807) is 31.4 Å². The molecule has 1 unspecified atom stereocenters. The maximum Gasteiger partial charge on any atom is 0.406 e. The van der Waals surface area contributed by atoms with Crippen molar-refractivity contribution >= 4 is 16.8 Å². The molecular weight excluding hydrogens is 483 g/mol. The summed E-state index contributed by atoms with van der Waals surface area (Å²) in [5.41, 5.74) is 1.59. The second-order valence-electron chi connectivity index (χ2n) is 10.2. The van der Waals surface area contributed by atoms with Gasteiger partial charge in [-0.15, -0.1) is 0 Å². The van der Waals surface area contributed by atoms with E-state index >= 15 is 0 Å². The van der Waals surface area contributed by atoms with Crippen LogP contribution in [0.15, 0.2) is 48.5 Å². The van der Waals surface area contributed by atoms with E-state index in [0.717, 1.165) is 35.6 Å². The number of likely N-dealkylation sites (tertiary alicyclic amines) is 1. The Morgan fingerprint density at radius 2 is 1.73 bits per heavy atom. The lowest BCUT2D eigenvalue weighted by Crippen LogP contribution is -2.50. The highest BCUT2D eigenvalue weighted by Gasteiger charge is 2.38. The number of ether oxygens (including phenoxy) is 2. The van der Waals surface area contributed by atoms with Crippen LogP contribution in [0, 0.1) is 5.92 Å². The summed E-state index contributed by atoms with van der Waals surface area (Å²) in [4.78, 5) is 19.5. The van der Waals surface area contributed by atoms with Gasteiger partial charge in [0.2, 0.25) is 0 Å². The Kier molecular flexibility index (Phi) is 7.73. The molecule has 9 heteroatoms. The summed E-state index contributed by atoms with van der Waals surface area (Å²) in [7, 11) is 3.16. The second kappa shape index (κ2) is 10.7. The van der Waals surface area contributed by atoms with Gasteiger partial charge in [-0.25, -0.2) is 0 Å². The Hall–Kier alpha value is -3.20. The van der Waals surface area contributed by atoms with Gasteiger partial charge in [-0.05, 0) is 81.1 Å². The maximum absolute atomic E-state index is 13.5. The number of hydrogen-bond donors (Lipinski definition) is 1. The SMILES string of the molecule is COc1ccc(C(C)(C)N2CCCC(CN(CC(F)(F)F)C(=O)c3cc4cc(OC)ccc4[nH]3)C2)cc1. The van der Waals surface area contributed by atoms with Crippen LogP contribution in [0.3, 0.4) is 0 Å². The van der Waals surface area contributed by atoms with Crippen molar-refractivity contribution in [3.05, 3.63) is 59.8 Å². The van der Waals surface area contributed by atoms with E-state index in [4.69, 9.17) is 9.47 Å². The van der Waals surface area contributed by atoms with Crippen molar-refractivity contribution in [1.29, 1.82) is 0 Å². The zero-order valence-corrected chi connectivity index (χ0v) is 21.7. The summed E-state index contributed by atoms with van der Waals surface area (Å²) >= 11 is 0. The van der Waals surface area contributed by atoms with Gasteiger partial charge in [0.1, 0.15) is 23.7 Å². The standard InChI is InChI=1S/C28H34F3N3O3/c1-27(2,21-7-9-22(36-3)10-8-21)34-13-5-6-19(17-34)16-33(18-28(29,30)31)26(35)25-15-20-14-23(37-4)11-12-24(20)32-25/h7-12,14-15,19,32H,5-6,13,16-18H2,1-4H3. The number of carbonyl (C=O) groups excluding carboxylic acids is 1. The molecule has 1 atom stereocenters. The molecule has 1 aliphatic rings. The third kappa shape index (κ3) is 6.21. The highest BCUT2D eigenvalue weighted by atomic mass is 19.4. The zero-order valence-electron chi connectivity index (χ0n) is 21.7. The van der Waals surface area contributed by atoms with Gasteiger partial charge >= 0.3 is 6.18 Å². The molecule has 6 nitrogen and oxygen atoms in total. The first-order chi connectivity index (χ1) is 17.5. The number of rotatable bonds is 8. The van der Waals surface area contributed by atoms with Crippen LogP contribution in [0.25, 0.3) is 10.9 Å². The number of fused-ring (bicyclic) bond motifs is 1. The highest BCUT2D eigenvalue weighted by Crippen LogP contribution is 2.34. The summed E-state index contributed by atoms with van der Waals surface area (Å²) in [5, 5.41) is 0.708. The minimum atomic E-state index is -4.50. The molecule has 0 radical (unpaired) electrons. The number of carbonyl (C=O) groups is 1. The number of hydrogen-bond acceptors (Lipinski definition) is 4. The van der Waals surface area contributed by atoms with E-state index in [-0.39, 0.29) is 23.7 Å². The monoisotopic (exact) mass is 517 g/mol. The molecule has 1 fully saturated rings. The number of piperidine rings is 1. The van der Waals surface area contributed by atoms with Gasteiger partial charge in [-0.1, -0.05) is 12.1 Å². The number of nitrogens with zero attached hydrogens (tertiary/aromatic N) is 2. The van der Waals surface area contributed by atoms with Crippen LogP contribution in [0.5, 0.6) is 11.5 Å². The van der Waals surface area contributed by atoms with Crippen LogP contribution in [-0.2, 0) is 5.54 Å². The number of alkyl halides is 3. The van der Waals surface area contributed by atoms with Gasteiger partial charge in [0.15, 0.2) is 0 Å². The van der Waals surface area contributed by atoms with Crippen LogP contribution in [0.2, 0.25) is 0 Å². The van der Waals surface area contributed by atoms with Gasteiger partial charge in [0.05, 0.1) is 14.2 Å². The van der Waals surface area contributed by atoms with Crippen molar-refractivity contribution in [2.24, 2.45) is 5.92 Å². The summed E-state index contributed by atoms with van der Waals surface area (Å²) in [6.07, 6.45) is -2.88. The zero-order chi connectivity index (χ0) is 26.8. The molecule has 200 valence electrons. The Morgan fingerprint density at radius 3 is 2.38 bits per heavy atom. The summed E-state index contributed by atoms with van der Waals surface area (Å²) in [5.74, 6) is 0.647. The van der Waals surface area contributed by atoms with Gasteiger partial charge < -0.3 is 19.4 Å². The van der Waals surface area contributed by atoms with Crippen molar-refractivity contribution in [1.82, 2.24) is 14.8 Å². The maximum atomic E-state index is 13.5. The molecule has 0 aliphatic carbocycles. The van der Waals surface area contributed by atoms with Crippen LogP contribution >= 0.6 is 0 Å². The molecule has 1 N–H and O–H groups in total. The molecule has 0 bridgehead atoms. The Labute approximate surface area is 215 Å². The van der Waals surface area contributed by atoms with E-state index in [2.05, 4.69) is 23.7 Å². The lowest BCUT2D eigenvalue weighted by atomic mass is 9.87. The van der Waals surface area contributed by atoms with E-state index in [0.29, 0.717) is 23.2 Å². The first-order valence-electron chi connectivity index (χ1n) is 12.4. The fraction of sp³-hybridized carbons (Fsp3) is 0.464. The smallest absolute Gasteiger partial charge is 0.406 e. The number of H-pyrrole nitrogens is 1. The lowest BCUT2D eigenvalue weighted by molar-refractivity contribution is -0.142. The van der Waals surface area contributed by atoms with E-state index in [1.807, 2.05) is 24.3 Å². The minimum Gasteiger partial charge on any atom is -0.497 e. The molecule has 2 heterocycles. The molecular formula is C28H34F3N3O3. The second-order valence-corrected chi connectivity index (χ2v) is 10.2. The predicted octanol–water partition coefficient (Wildman–Crippen LogP) is 5.84. The first-order valence-corrected chi connectivity index (χ1v) is 12.4. The number of benzene rings is 2. The van der Waals surface area contributed by atoms with Gasteiger partial charge in [-0.2, -0.15) is 13.2 Å². The molecule has 37 heavy (non-hydrogen) atoms. The third-order valence-corrected chi connectivity index (χ3v) is 7.30. The largest absolute Gasteiger partial charge is 0.497 e. The van der Waals surface area contributed by atoms with Crippen molar-refractivity contribution in [3.63, 3.8) is 0 Å². The quantitative estimate of drug-likeness (QED) is 0.408. The predicted molar refractivity (Wildman–Crippen MR) is 137 cm³/mol. The fourth-order valence-electron chi connectivity index (χ4n) is 5.17. The topological polar surface area (TPSA) is 57.8 Å². The summed E-state index contributed by atoms with van der Waals surface area (Å²) in [6.45, 7) is 4.43. The summed E-state index contributed by atoms with van der Waals surface area (Å²) in [6, 6.07) is 14.7. The molecule has 0 spiro atoms. The average molecular weight is 518 g/mol. The Balaban J connectivity index is 1.52. The van der Waals surface area contributed by atoms with Crippen LogP contribution in [0.1, 0.15) is 42.7 Å². The number of nitrogens with one attached hydrogen (secondary N) is 1. The Morgan fingerprint density at radius 1 is 1.05 bits per heavy atom. The normalized spacial score (nSPS) is 17.1. The van der Waals surface area contributed by atoms with Crippen molar-refractivity contribution in [3.8, 4) is 11.5 Å². The minimum absolute atomic E-state index is 0.0340. The number of amides is 1. The van der Waals surface area contributed by atoms with Gasteiger partial charge in [0.25, 0.3) is 5.91 Å².